The lowest BCUT2D eigenvalue weighted by atomic mass is 9.69. The van der Waals surface area contributed by atoms with Crippen molar-refractivity contribution in [1.82, 2.24) is 4.90 Å². The average Bonchev–Trinajstić information content (AvgIpc) is 2.91. The predicted octanol–water partition coefficient (Wildman–Crippen LogP) is 3.21. The molecular weight excluding hydrogens is 392 g/mol. The molecule has 0 unspecified atom stereocenters. The summed E-state index contributed by atoms with van der Waals surface area (Å²) in [7, 11) is 3.33. The molecule has 5 rings (SSSR count). The molecule has 0 aromatic heterocycles. The molecule has 1 fully saturated rings. The second kappa shape index (κ2) is 7.16. The number of β-lactam (4-membered cyclic amide) rings is 1. The molecular formula is C25H22N2O4. The third-order valence-electron chi connectivity index (χ3n) is 6.15. The zero-order valence-electron chi connectivity index (χ0n) is 17.3. The summed E-state index contributed by atoms with van der Waals surface area (Å²) in [6.45, 7) is -0.0170. The van der Waals surface area contributed by atoms with Gasteiger partial charge < -0.3 is 19.3 Å². The lowest BCUT2D eigenvalue weighted by molar-refractivity contribution is -0.177. The molecule has 0 aliphatic carbocycles. The van der Waals surface area contributed by atoms with Crippen LogP contribution in [0.15, 0.2) is 78.9 Å². The fourth-order valence-corrected chi connectivity index (χ4v) is 4.62. The number of likely N-dealkylation sites (N-methyl/N-ethyl adjacent to an activating group) is 1. The minimum Gasteiger partial charge on any atom is -0.497 e. The number of para-hydroxylation sites is 1. The number of carbonyl (C=O) groups excluding carboxylic acids is 2. The van der Waals surface area contributed by atoms with Crippen molar-refractivity contribution in [2.75, 3.05) is 25.6 Å². The van der Waals surface area contributed by atoms with Crippen molar-refractivity contribution >= 4 is 17.5 Å². The van der Waals surface area contributed by atoms with Crippen molar-refractivity contribution < 1.29 is 19.1 Å². The third-order valence-corrected chi connectivity index (χ3v) is 6.15. The lowest BCUT2D eigenvalue weighted by Gasteiger charge is -2.56. The van der Waals surface area contributed by atoms with Crippen LogP contribution in [-0.2, 0) is 15.1 Å². The molecule has 0 bridgehead atoms. The Hall–Kier alpha value is -3.80. The SMILES string of the molecule is COc1cccc(O[C@@H]2C(=O)N3CC(=O)N(C)c4ccccc4[C@@]23c2ccccc2)c1. The normalized spacial score (nSPS) is 22.2. The van der Waals surface area contributed by atoms with Crippen LogP contribution >= 0.6 is 0 Å². The Morgan fingerprint density at radius 2 is 1.61 bits per heavy atom. The van der Waals surface area contributed by atoms with Crippen molar-refractivity contribution in [1.29, 1.82) is 0 Å². The molecule has 1 saturated heterocycles. The second-order valence-electron chi connectivity index (χ2n) is 7.70. The Labute approximate surface area is 180 Å². The summed E-state index contributed by atoms with van der Waals surface area (Å²) in [4.78, 5) is 29.5. The van der Waals surface area contributed by atoms with Crippen molar-refractivity contribution in [3.63, 3.8) is 0 Å². The largest absolute Gasteiger partial charge is 0.497 e. The first-order valence-corrected chi connectivity index (χ1v) is 10.1. The van der Waals surface area contributed by atoms with E-state index in [-0.39, 0.29) is 18.4 Å². The Morgan fingerprint density at radius 1 is 0.903 bits per heavy atom. The quantitative estimate of drug-likeness (QED) is 0.615. The second-order valence-corrected chi connectivity index (χ2v) is 7.70. The molecule has 6 heteroatoms. The molecule has 156 valence electrons. The number of amides is 2. The molecule has 0 radical (unpaired) electrons. The Morgan fingerprint density at radius 3 is 2.39 bits per heavy atom. The van der Waals surface area contributed by atoms with Gasteiger partial charge in [0.05, 0.1) is 7.11 Å². The van der Waals surface area contributed by atoms with Gasteiger partial charge in [0.15, 0.2) is 0 Å². The van der Waals surface area contributed by atoms with E-state index in [1.54, 1.807) is 36.1 Å². The smallest absolute Gasteiger partial charge is 0.268 e. The van der Waals surface area contributed by atoms with Crippen LogP contribution in [0.25, 0.3) is 0 Å². The van der Waals surface area contributed by atoms with Crippen LogP contribution in [0.3, 0.4) is 0 Å². The number of rotatable bonds is 4. The van der Waals surface area contributed by atoms with Gasteiger partial charge in [0.25, 0.3) is 5.91 Å². The summed E-state index contributed by atoms with van der Waals surface area (Å²) in [5.74, 6) is 0.823. The summed E-state index contributed by atoms with van der Waals surface area (Å²) in [6.07, 6.45) is -0.817. The highest BCUT2D eigenvalue weighted by molar-refractivity contribution is 6.04. The zero-order chi connectivity index (χ0) is 21.6. The van der Waals surface area contributed by atoms with Gasteiger partial charge in [0.1, 0.15) is 23.6 Å². The van der Waals surface area contributed by atoms with Crippen LogP contribution in [0.5, 0.6) is 11.5 Å². The van der Waals surface area contributed by atoms with Crippen LogP contribution in [-0.4, -0.2) is 43.5 Å². The van der Waals surface area contributed by atoms with Gasteiger partial charge in [-0.15, -0.1) is 0 Å². The van der Waals surface area contributed by atoms with Crippen molar-refractivity contribution in [3.8, 4) is 11.5 Å². The maximum absolute atomic E-state index is 13.3. The minimum absolute atomic E-state index is 0.0170. The molecule has 3 aromatic rings. The molecule has 2 atom stereocenters. The molecule has 31 heavy (non-hydrogen) atoms. The Bertz CT molecular complexity index is 1160. The van der Waals surface area contributed by atoms with Gasteiger partial charge in [0.2, 0.25) is 12.0 Å². The van der Waals surface area contributed by atoms with Crippen LogP contribution in [0.1, 0.15) is 11.1 Å². The number of hydrogen-bond acceptors (Lipinski definition) is 4. The van der Waals surface area contributed by atoms with Crippen LogP contribution in [0.2, 0.25) is 0 Å². The molecule has 2 aliphatic rings. The van der Waals surface area contributed by atoms with E-state index in [9.17, 15) is 9.59 Å². The maximum Gasteiger partial charge on any atom is 0.268 e. The van der Waals surface area contributed by atoms with Gasteiger partial charge in [0, 0.05) is 24.4 Å². The van der Waals surface area contributed by atoms with Gasteiger partial charge in [-0.05, 0) is 23.8 Å². The number of ether oxygens (including phenoxy) is 2. The number of fused-ring (bicyclic) bond motifs is 3. The fraction of sp³-hybridized carbons (Fsp3) is 0.200. The van der Waals surface area contributed by atoms with Crippen molar-refractivity contribution in [3.05, 3.63) is 90.0 Å². The number of benzene rings is 3. The first-order valence-electron chi connectivity index (χ1n) is 10.1. The summed E-state index contributed by atoms with van der Waals surface area (Å²) in [5, 5.41) is 0. The van der Waals surface area contributed by atoms with Crippen LogP contribution in [0, 0.1) is 0 Å². The molecule has 2 amide bonds. The van der Waals surface area contributed by atoms with Crippen molar-refractivity contribution in [2.24, 2.45) is 0 Å². The Kier molecular flexibility index (Phi) is 4.43. The Balaban J connectivity index is 1.72. The maximum atomic E-state index is 13.3. The van der Waals surface area contributed by atoms with Gasteiger partial charge >= 0.3 is 0 Å². The summed E-state index contributed by atoms with van der Waals surface area (Å²) in [5.41, 5.74) is 1.61. The standard InChI is InChI=1S/C25H22N2O4/c1-26-21-14-7-6-13-20(21)25(17-9-4-3-5-10-17)23(24(29)27(25)16-22(26)28)31-19-12-8-11-18(15-19)30-2/h3-15,23H,16H2,1-2H3/t23-,25+/m1/s1. The van der Waals surface area contributed by atoms with Gasteiger partial charge in [-0.3, -0.25) is 9.59 Å². The number of methoxy groups -OCH3 is 1. The third kappa shape index (κ3) is 2.71. The first-order chi connectivity index (χ1) is 15.1. The molecule has 3 aromatic carbocycles. The minimum atomic E-state index is -0.918. The highest BCUT2D eigenvalue weighted by Crippen LogP contribution is 2.52. The van der Waals surface area contributed by atoms with E-state index in [4.69, 9.17) is 9.47 Å². The monoisotopic (exact) mass is 414 g/mol. The van der Waals surface area contributed by atoms with E-state index in [2.05, 4.69) is 0 Å². The van der Waals surface area contributed by atoms with E-state index in [0.717, 1.165) is 16.8 Å². The summed E-state index contributed by atoms with van der Waals surface area (Å²) in [6, 6.07) is 24.7. The van der Waals surface area contributed by atoms with Gasteiger partial charge in [-0.2, -0.15) is 0 Å². The van der Waals surface area contributed by atoms with E-state index in [1.165, 1.54) is 0 Å². The van der Waals surface area contributed by atoms with Gasteiger partial charge in [-0.25, -0.2) is 0 Å². The average molecular weight is 414 g/mol. The molecule has 6 nitrogen and oxygen atoms in total. The molecule has 2 heterocycles. The number of nitrogens with zero attached hydrogens (tertiary/aromatic N) is 2. The predicted molar refractivity (Wildman–Crippen MR) is 116 cm³/mol. The van der Waals surface area contributed by atoms with Crippen LogP contribution < -0.4 is 14.4 Å². The topological polar surface area (TPSA) is 59.1 Å². The number of carbonyl (C=O) groups is 2. The molecule has 0 saturated carbocycles. The summed E-state index contributed by atoms with van der Waals surface area (Å²) >= 11 is 0. The fourth-order valence-electron chi connectivity index (χ4n) is 4.62. The van der Waals surface area contributed by atoms with Crippen molar-refractivity contribution in [2.45, 2.75) is 11.6 Å². The van der Waals surface area contributed by atoms with E-state index >= 15 is 0 Å². The van der Waals surface area contributed by atoms with Crippen LogP contribution in [0.4, 0.5) is 5.69 Å². The molecule has 0 N–H and O–H groups in total. The number of anilines is 1. The molecule has 2 aliphatic heterocycles. The highest BCUT2D eigenvalue weighted by atomic mass is 16.5. The van der Waals surface area contributed by atoms with E-state index in [0.29, 0.717) is 11.5 Å². The van der Waals surface area contributed by atoms with E-state index in [1.807, 2.05) is 66.7 Å². The number of hydrogen-bond donors (Lipinski definition) is 0. The highest BCUT2D eigenvalue weighted by Gasteiger charge is 2.66. The zero-order valence-corrected chi connectivity index (χ0v) is 17.3. The lowest BCUT2D eigenvalue weighted by Crippen LogP contribution is -2.74. The molecule has 0 spiro atoms. The summed E-state index contributed by atoms with van der Waals surface area (Å²) < 4.78 is 11.6. The van der Waals surface area contributed by atoms with Gasteiger partial charge in [-0.1, -0.05) is 54.6 Å². The van der Waals surface area contributed by atoms with E-state index < -0.39 is 11.6 Å². The first kappa shape index (κ1) is 19.2.